The van der Waals surface area contributed by atoms with Gasteiger partial charge in [0, 0.05) is 5.57 Å². The molecule has 1 N–H and O–H groups in total. The summed E-state index contributed by atoms with van der Waals surface area (Å²) in [5.74, 6) is -0.197. The van der Waals surface area contributed by atoms with Gasteiger partial charge in [-0.15, -0.1) is 0 Å². The van der Waals surface area contributed by atoms with Crippen LogP contribution in [0.5, 0.6) is 0 Å². The third kappa shape index (κ3) is 3.75. The Kier molecular flexibility index (Phi) is 4.50. The molecule has 0 fully saturated rings. The van der Waals surface area contributed by atoms with Gasteiger partial charge in [-0.25, -0.2) is 4.39 Å². The summed E-state index contributed by atoms with van der Waals surface area (Å²) in [6.45, 7) is 4.57. The zero-order chi connectivity index (χ0) is 8.85. The Hall–Kier alpha value is -0.860. The molecule has 1 amide bonds. The summed E-state index contributed by atoms with van der Waals surface area (Å²) in [5, 5.41) is 2.50. The second kappa shape index (κ2) is 4.88. The number of carbonyl (C=O) groups excluding carboxylic acids is 1. The van der Waals surface area contributed by atoms with Crippen LogP contribution in [-0.4, -0.2) is 18.6 Å². The minimum atomic E-state index is -0.525. The molecule has 0 aromatic carbocycles. The Balaban J connectivity index is 3.88. The van der Waals surface area contributed by atoms with Gasteiger partial charge in [0.25, 0.3) is 0 Å². The smallest absolute Gasteiger partial charge is 0.246 e. The fourth-order valence-corrected chi connectivity index (χ4v) is 0.507. The van der Waals surface area contributed by atoms with Crippen molar-refractivity contribution >= 4 is 5.91 Å². The molecule has 0 rings (SSSR count). The SMILES string of the molecule is C/C=C(/C)C(=O)NC(C)CF. The van der Waals surface area contributed by atoms with Crippen LogP contribution in [0.4, 0.5) is 4.39 Å². The molecule has 3 heteroatoms. The molecule has 11 heavy (non-hydrogen) atoms. The number of alkyl halides is 1. The molecule has 0 aliphatic carbocycles. The van der Waals surface area contributed by atoms with E-state index in [4.69, 9.17) is 0 Å². The average molecular weight is 159 g/mol. The van der Waals surface area contributed by atoms with E-state index < -0.39 is 12.7 Å². The number of carbonyl (C=O) groups is 1. The second-order valence-electron chi connectivity index (χ2n) is 2.50. The molecule has 2 nitrogen and oxygen atoms in total. The first-order chi connectivity index (χ1) is 5.11. The van der Waals surface area contributed by atoms with Crippen LogP contribution in [0.15, 0.2) is 11.6 Å². The number of hydrogen-bond donors (Lipinski definition) is 1. The number of allylic oxidation sites excluding steroid dienone is 1. The third-order valence-corrected chi connectivity index (χ3v) is 1.40. The molecule has 64 valence electrons. The molecule has 0 bridgehead atoms. The van der Waals surface area contributed by atoms with Crippen LogP contribution in [0.2, 0.25) is 0 Å². The van der Waals surface area contributed by atoms with Gasteiger partial charge in [-0.3, -0.25) is 4.79 Å². The first kappa shape index (κ1) is 10.1. The highest BCUT2D eigenvalue weighted by atomic mass is 19.1. The quantitative estimate of drug-likeness (QED) is 0.620. The summed E-state index contributed by atoms with van der Waals surface area (Å²) in [6.07, 6.45) is 1.69. The largest absolute Gasteiger partial charge is 0.347 e. The first-order valence-electron chi connectivity index (χ1n) is 3.61. The Morgan fingerprint density at radius 1 is 1.73 bits per heavy atom. The highest BCUT2D eigenvalue weighted by Crippen LogP contribution is 1.92. The van der Waals surface area contributed by atoms with Gasteiger partial charge >= 0.3 is 0 Å². The van der Waals surface area contributed by atoms with Gasteiger partial charge in [0.05, 0.1) is 6.04 Å². The number of halogens is 1. The van der Waals surface area contributed by atoms with Crippen molar-refractivity contribution in [3.8, 4) is 0 Å². The molecule has 0 heterocycles. The molecule has 0 aliphatic rings. The lowest BCUT2D eigenvalue weighted by Gasteiger charge is -2.09. The van der Waals surface area contributed by atoms with E-state index in [0.29, 0.717) is 5.57 Å². The average Bonchev–Trinajstić information content (AvgIpc) is 2.02. The zero-order valence-corrected chi connectivity index (χ0v) is 7.15. The zero-order valence-electron chi connectivity index (χ0n) is 7.15. The minimum absolute atomic E-state index is 0.197. The number of hydrogen-bond acceptors (Lipinski definition) is 1. The normalized spacial score (nSPS) is 14.4. The fourth-order valence-electron chi connectivity index (χ4n) is 0.507. The molecular formula is C8H14FNO. The van der Waals surface area contributed by atoms with Gasteiger partial charge in [-0.1, -0.05) is 6.08 Å². The fraction of sp³-hybridized carbons (Fsp3) is 0.625. The maximum atomic E-state index is 11.9. The number of rotatable bonds is 3. The van der Waals surface area contributed by atoms with E-state index in [9.17, 15) is 9.18 Å². The van der Waals surface area contributed by atoms with Gasteiger partial charge in [0.2, 0.25) is 5.91 Å². The molecule has 0 saturated carbocycles. The summed E-state index contributed by atoms with van der Waals surface area (Å²) in [5.41, 5.74) is 0.616. The molecule has 0 radical (unpaired) electrons. The van der Waals surface area contributed by atoms with Gasteiger partial charge in [-0.2, -0.15) is 0 Å². The van der Waals surface area contributed by atoms with E-state index in [-0.39, 0.29) is 5.91 Å². The molecule has 0 spiro atoms. The second-order valence-corrected chi connectivity index (χ2v) is 2.50. The Morgan fingerprint density at radius 3 is 2.64 bits per heavy atom. The van der Waals surface area contributed by atoms with E-state index >= 15 is 0 Å². The standard InChI is InChI=1S/C8H14FNO/c1-4-6(2)8(11)10-7(3)5-9/h4,7H,5H2,1-3H3,(H,10,11)/b6-4-. The number of amides is 1. The van der Waals surface area contributed by atoms with Gasteiger partial charge in [0.1, 0.15) is 6.67 Å². The summed E-state index contributed by atoms with van der Waals surface area (Å²) >= 11 is 0. The summed E-state index contributed by atoms with van der Waals surface area (Å²) in [7, 11) is 0. The van der Waals surface area contributed by atoms with Crippen molar-refractivity contribution in [2.24, 2.45) is 0 Å². The van der Waals surface area contributed by atoms with Crippen molar-refractivity contribution in [3.63, 3.8) is 0 Å². The van der Waals surface area contributed by atoms with E-state index in [0.717, 1.165) is 0 Å². The van der Waals surface area contributed by atoms with E-state index in [1.165, 1.54) is 0 Å². The lowest BCUT2D eigenvalue weighted by molar-refractivity contribution is -0.118. The van der Waals surface area contributed by atoms with Crippen molar-refractivity contribution < 1.29 is 9.18 Å². The van der Waals surface area contributed by atoms with Crippen molar-refractivity contribution in [1.82, 2.24) is 5.32 Å². The lowest BCUT2D eigenvalue weighted by Crippen LogP contribution is -2.34. The highest BCUT2D eigenvalue weighted by molar-refractivity contribution is 5.92. The van der Waals surface area contributed by atoms with Gasteiger partial charge in [-0.05, 0) is 20.8 Å². The predicted octanol–water partition coefficient (Wildman–Crippen LogP) is 1.43. The minimum Gasteiger partial charge on any atom is -0.347 e. The molecule has 0 aromatic heterocycles. The van der Waals surface area contributed by atoms with Crippen LogP contribution in [0.1, 0.15) is 20.8 Å². The topological polar surface area (TPSA) is 29.1 Å². The van der Waals surface area contributed by atoms with Crippen LogP contribution in [0, 0.1) is 0 Å². The van der Waals surface area contributed by atoms with Gasteiger partial charge in [0.15, 0.2) is 0 Å². The summed E-state index contributed by atoms with van der Waals surface area (Å²) < 4.78 is 11.9. The van der Waals surface area contributed by atoms with E-state index in [1.807, 2.05) is 0 Å². The van der Waals surface area contributed by atoms with Crippen molar-refractivity contribution in [2.45, 2.75) is 26.8 Å². The van der Waals surface area contributed by atoms with Crippen LogP contribution in [0.3, 0.4) is 0 Å². The van der Waals surface area contributed by atoms with E-state index in [2.05, 4.69) is 5.32 Å². The molecule has 0 aliphatic heterocycles. The molecule has 0 aromatic rings. The Morgan fingerprint density at radius 2 is 2.27 bits per heavy atom. The molecule has 1 unspecified atom stereocenters. The van der Waals surface area contributed by atoms with Crippen molar-refractivity contribution in [1.29, 1.82) is 0 Å². The van der Waals surface area contributed by atoms with E-state index in [1.54, 1.807) is 26.8 Å². The van der Waals surface area contributed by atoms with Gasteiger partial charge < -0.3 is 5.32 Å². The highest BCUT2D eigenvalue weighted by Gasteiger charge is 2.06. The monoisotopic (exact) mass is 159 g/mol. The molecule has 0 saturated heterocycles. The van der Waals surface area contributed by atoms with Crippen molar-refractivity contribution in [3.05, 3.63) is 11.6 Å². The predicted molar refractivity (Wildman–Crippen MR) is 43.0 cm³/mol. The third-order valence-electron chi connectivity index (χ3n) is 1.40. The lowest BCUT2D eigenvalue weighted by atomic mass is 10.2. The van der Waals surface area contributed by atoms with Crippen LogP contribution < -0.4 is 5.32 Å². The van der Waals surface area contributed by atoms with Crippen molar-refractivity contribution in [2.75, 3.05) is 6.67 Å². The molecular weight excluding hydrogens is 145 g/mol. The Bertz CT molecular complexity index is 165. The first-order valence-corrected chi connectivity index (χ1v) is 3.61. The summed E-state index contributed by atoms with van der Waals surface area (Å²) in [4.78, 5) is 11.0. The van der Waals surface area contributed by atoms with Crippen LogP contribution >= 0.6 is 0 Å². The Labute approximate surface area is 66.5 Å². The maximum absolute atomic E-state index is 11.9. The molecule has 1 atom stereocenters. The summed E-state index contributed by atoms with van der Waals surface area (Å²) in [6, 6.07) is -0.391. The maximum Gasteiger partial charge on any atom is 0.246 e. The van der Waals surface area contributed by atoms with Crippen LogP contribution in [0.25, 0.3) is 0 Å². The number of nitrogens with one attached hydrogen (secondary N) is 1. The van der Waals surface area contributed by atoms with Crippen LogP contribution in [-0.2, 0) is 4.79 Å².